The number of halogens is 1. The second-order valence-electron chi connectivity index (χ2n) is 4.72. The van der Waals surface area contributed by atoms with Crippen molar-refractivity contribution in [2.75, 3.05) is 7.11 Å². The van der Waals surface area contributed by atoms with Gasteiger partial charge in [-0.25, -0.2) is 9.78 Å². The Balaban J connectivity index is 2.32. The van der Waals surface area contributed by atoms with E-state index in [9.17, 15) is 9.90 Å². The molecule has 0 radical (unpaired) electrons. The van der Waals surface area contributed by atoms with Crippen LogP contribution in [0.15, 0.2) is 53.0 Å². The standard InChI is InChI=1S/C17H12BrNO3/c1-22-16-5-3-2-4-11(16)15-9-13(17(20)21)12-8-10(18)6-7-14(12)19-15/h2-9H,1H3,(H,20,21). The van der Waals surface area contributed by atoms with Gasteiger partial charge in [0.25, 0.3) is 0 Å². The number of hydrogen-bond donors (Lipinski definition) is 1. The predicted molar refractivity (Wildman–Crippen MR) is 88.4 cm³/mol. The molecule has 0 bridgehead atoms. The molecule has 0 saturated heterocycles. The summed E-state index contributed by atoms with van der Waals surface area (Å²) in [5.41, 5.74) is 2.18. The van der Waals surface area contributed by atoms with Crippen molar-refractivity contribution < 1.29 is 14.6 Å². The number of para-hydroxylation sites is 1. The van der Waals surface area contributed by atoms with Crippen LogP contribution in [0.2, 0.25) is 0 Å². The number of carboxylic acid groups (broad SMARTS) is 1. The van der Waals surface area contributed by atoms with E-state index < -0.39 is 5.97 Å². The normalized spacial score (nSPS) is 10.6. The SMILES string of the molecule is COc1ccccc1-c1cc(C(=O)O)c2cc(Br)ccc2n1. The lowest BCUT2D eigenvalue weighted by atomic mass is 10.0. The molecule has 0 atom stereocenters. The van der Waals surface area contributed by atoms with Crippen molar-refractivity contribution in [2.24, 2.45) is 0 Å². The molecule has 110 valence electrons. The number of aromatic carboxylic acids is 1. The summed E-state index contributed by atoms with van der Waals surface area (Å²) in [6.07, 6.45) is 0. The minimum absolute atomic E-state index is 0.215. The first-order valence-electron chi connectivity index (χ1n) is 6.57. The maximum atomic E-state index is 11.6. The van der Waals surface area contributed by atoms with Crippen molar-refractivity contribution in [1.82, 2.24) is 4.98 Å². The molecule has 0 unspecified atom stereocenters. The highest BCUT2D eigenvalue weighted by Gasteiger charge is 2.15. The number of carbonyl (C=O) groups is 1. The zero-order chi connectivity index (χ0) is 15.7. The summed E-state index contributed by atoms with van der Waals surface area (Å²) in [6.45, 7) is 0. The highest BCUT2D eigenvalue weighted by Crippen LogP contribution is 2.32. The number of methoxy groups -OCH3 is 1. The number of ether oxygens (including phenoxy) is 1. The molecule has 0 fully saturated rings. The second-order valence-corrected chi connectivity index (χ2v) is 5.64. The van der Waals surface area contributed by atoms with Gasteiger partial charge >= 0.3 is 5.97 Å². The Kier molecular flexibility index (Phi) is 3.81. The first kappa shape index (κ1) is 14.5. The van der Waals surface area contributed by atoms with E-state index in [0.29, 0.717) is 22.3 Å². The molecule has 0 aliphatic heterocycles. The summed E-state index contributed by atoms with van der Waals surface area (Å²) < 4.78 is 6.15. The third kappa shape index (κ3) is 2.55. The Morgan fingerprint density at radius 1 is 1.18 bits per heavy atom. The first-order valence-corrected chi connectivity index (χ1v) is 7.36. The number of aromatic nitrogens is 1. The van der Waals surface area contributed by atoms with E-state index in [1.165, 1.54) is 0 Å². The Bertz CT molecular complexity index is 877. The number of hydrogen-bond acceptors (Lipinski definition) is 3. The third-order valence-corrected chi connectivity index (χ3v) is 3.88. The number of benzene rings is 2. The van der Waals surface area contributed by atoms with Crippen LogP contribution in [0.5, 0.6) is 5.75 Å². The number of rotatable bonds is 3. The first-order chi connectivity index (χ1) is 10.6. The van der Waals surface area contributed by atoms with Crippen molar-refractivity contribution in [2.45, 2.75) is 0 Å². The molecule has 3 aromatic rings. The van der Waals surface area contributed by atoms with Gasteiger partial charge in [-0.3, -0.25) is 0 Å². The van der Waals surface area contributed by atoms with Crippen molar-refractivity contribution >= 4 is 32.8 Å². The molecule has 0 aliphatic rings. The van der Waals surface area contributed by atoms with E-state index in [1.807, 2.05) is 30.3 Å². The number of nitrogens with zero attached hydrogens (tertiary/aromatic N) is 1. The fraction of sp³-hybridized carbons (Fsp3) is 0.0588. The molecule has 1 N–H and O–H groups in total. The van der Waals surface area contributed by atoms with Gasteiger partial charge in [-0.2, -0.15) is 0 Å². The van der Waals surface area contributed by atoms with Crippen LogP contribution >= 0.6 is 15.9 Å². The molecule has 1 heterocycles. The molecule has 1 aromatic heterocycles. The van der Waals surface area contributed by atoms with Crippen LogP contribution in [-0.4, -0.2) is 23.2 Å². The van der Waals surface area contributed by atoms with Crippen molar-refractivity contribution in [3.8, 4) is 17.0 Å². The van der Waals surface area contributed by atoms with Crippen LogP contribution in [-0.2, 0) is 0 Å². The number of fused-ring (bicyclic) bond motifs is 1. The summed E-state index contributed by atoms with van der Waals surface area (Å²) in [6, 6.07) is 14.4. The van der Waals surface area contributed by atoms with E-state index in [1.54, 1.807) is 25.3 Å². The summed E-state index contributed by atoms with van der Waals surface area (Å²) in [5, 5.41) is 10.1. The van der Waals surface area contributed by atoms with E-state index in [0.717, 1.165) is 10.0 Å². The van der Waals surface area contributed by atoms with Crippen LogP contribution in [0.4, 0.5) is 0 Å². The van der Waals surface area contributed by atoms with Gasteiger partial charge in [-0.05, 0) is 36.4 Å². The largest absolute Gasteiger partial charge is 0.496 e. The van der Waals surface area contributed by atoms with Crippen LogP contribution < -0.4 is 4.74 Å². The van der Waals surface area contributed by atoms with Gasteiger partial charge in [-0.15, -0.1) is 0 Å². The fourth-order valence-electron chi connectivity index (χ4n) is 2.37. The second kappa shape index (κ2) is 5.77. The van der Waals surface area contributed by atoms with E-state index in [4.69, 9.17) is 4.74 Å². The Morgan fingerprint density at radius 3 is 2.68 bits per heavy atom. The molecule has 22 heavy (non-hydrogen) atoms. The molecule has 0 aliphatic carbocycles. The molecule has 4 nitrogen and oxygen atoms in total. The Labute approximate surface area is 135 Å². The number of pyridine rings is 1. The lowest BCUT2D eigenvalue weighted by Crippen LogP contribution is -2.01. The lowest BCUT2D eigenvalue weighted by Gasteiger charge is -2.10. The quantitative estimate of drug-likeness (QED) is 0.755. The topological polar surface area (TPSA) is 59.4 Å². The summed E-state index contributed by atoms with van der Waals surface area (Å²) in [7, 11) is 1.58. The summed E-state index contributed by atoms with van der Waals surface area (Å²) >= 11 is 3.36. The van der Waals surface area contributed by atoms with E-state index in [-0.39, 0.29) is 5.56 Å². The van der Waals surface area contributed by atoms with E-state index >= 15 is 0 Å². The average Bonchev–Trinajstić information content (AvgIpc) is 2.53. The predicted octanol–water partition coefficient (Wildman–Crippen LogP) is 4.37. The monoisotopic (exact) mass is 357 g/mol. The lowest BCUT2D eigenvalue weighted by molar-refractivity contribution is 0.0699. The molecule has 3 rings (SSSR count). The molecule has 0 spiro atoms. The van der Waals surface area contributed by atoms with Crippen LogP contribution in [0.3, 0.4) is 0 Å². The van der Waals surface area contributed by atoms with Gasteiger partial charge in [-0.1, -0.05) is 28.1 Å². The maximum absolute atomic E-state index is 11.6. The molecule has 5 heteroatoms. The zero-order valence-electron chi connectivity index (χ0n) is 11.7. The van der Waals surface area contributed by atoms with Crippen molar-refractivity contribution in [1.29, 1.82) is 0 Å². The van der Waals surface area contributed by atoms with Crippen LogP contribution in [0, 0.1) is 0 Å². The average molecular weight is 358 g/mol. The minimum Gasteiger partial charge on any atom is -0.496 e. The van der Waals surface area contributed by atoms with Crippen LogP contribution in [0.1, 0.15) is 10.4 Å². The summed E-state index contributed by atoms with van der Waals surface area (Å²) in [5.74, 6) is -0.329. The van der Waals surface area contributed by atoms with Crippen LogP contribution in [0.25, 0.3) is 22.2 Å². The molecular formula is C17H12BrNO3. The highest BCUT2D eigenvalue weighted by atomic mass is 79.9. The molecule has 0 amide bonds. The maximum Gasteiger partial charge on any atom is 0.336 e. The van der Waals surface area contributed by atoms with Crippen molar-refractivity contribution in [3.05, 3.63) is 58.6 Å². The van der Waals surface area contributed by atoms with E-state index in [2.05, 4.69) is 20.9 Å². The summed E-state index contributed by atoms with van der Waals surface area (Å²) in [4.78, 5) is 16.2. The van der Waals surface area contributed by atoms with Gasteiger partial charge in [0.15, 0.2) is 0 Å². The molecule has 0 saturated carbocycles. The smallest absolute Gasteiger partial charge is 0.336 e. The van der Waals surface area contributed by atoms with Gasteiger partial charge in [0, 0.05) is 15.4 Å². The van der Waals surface area contributed by atoms with Gasteiger partial charge in [0.05, 0.1) is 23.9 Å². The zero-order valence-corrected chi connectivity index (χ0v) is 13.3. The molecular weight excluding hydrogens is 346 g/mol. The van der Waals surface area contributed by atoms with Gasteiger partial charge in [0.1, 0.15) is 5.75 Å². The van der Waals surface area contributed by atoms with Gasteiger partial charge < -0.3 is 9.84 Å². The molecule has 2 aromatic carbocycles. The Morgan fingerprint density at radius 2 is 1.95 bits per heavy atom. The fourth-order valence-corrected chi connectivity index (χ4v) is 2.73. The minimum atomic E-state index is -0.985. The van der Waals surface area contributed by atoms with Crippen molar-refractivity contribution in [3.63, 3.8) is 0 Å². The van der Waals surface area contributed by atoms with Gasteiger partial charge in [0.2, 0.25) is 0 Å². The third-order valence-electron chi connectivity index (χ3n) is 3.38. The highest BCUT2D eigenvalue weighted by molar-refractivity contribution is 9.10. The Hall–Kier alpha value is -2.40. The number of carboxylic acids is 1.